The minimum Gasteiger partial charge on any atom is -0.393 e. The Morgan fingerprint density at radius 2 is 1.94 bits per heavy atom. The maximum atomic E-state index is 9.75. The van der Waals surface area contributed by atoms with Gasteiger partial charge >= 0.3 is 0 Å². The molecule has 1 rings (SSSR count). The van der Waals surface area contributed by atoms with Crippen molar-refractivity contribution < 1.29 is 5.11 Å². The van der Waals surface area contributed by atoms with Crippen molar-refractivity contribution in [2.24, 2.45) is 16.7 Å². The van der Waals surface area contributed by atoms with Crippen molar-refractivity contribution in [3.05, 3.63) is 24.3 Å². The molecule has 92 valence electrons. The fourth-order valence-corrected chi connectivity index (χ4v) is 2.07. The van der Waals surface area contributed by atoms with Gasteiger partial charge in [0.05, 0.1) is 6.10 Å². The van der Waals surface area contributed by atoms with E-state index in [1.807, 2.05) is 0 Å². The molecule has 0 amide bonds. The minimum atomic E-state index is -0.211. The Bertz CT molecular complexity index is 286. The maximum absolute atomic E-state index is 9.75. The molecule has 1 unspecified atom stereocenters. The van der Waals surface area contributed by atoms with E-state index in [1.54, 1.807) is 0 Å². The Morgan fingerprint density at radius 3 is 2.38 bits per heavy atom. The van der Waals surface area contributed by atoms with E-state index in [0.29, 0.717) is 5.92 Å². The number of hydrogen-bond acceptors (Lipinski definition) is 1. The van der Waals surface area contributed by atoms with Crippen molar-refractivity contribution in [2.75, 3.05) is 0 Å². The third-order valence-corrected chi connectivity index (χ3v) is 4.18. The average molecular weight is 222 g/mol. The van der Waals surface area contributed by atoms with Gasteiger partial charge in [-0.2, -0.15) is 0 Å². The molecule has 0 aromatic carbocycles. The van der Waals surface area contributed by atoms with Crippen LogP contribution in [0.4, 0.5) is 0 Å². The Kier molecular flexibility index (Phi) is 4.01. The summed E-state index contributed by atoms with van der Waals surface area (Å²) in [4.78, 5) is 0. The second kappa shape index (κ2) is 4.75. The van der Waals surface area contributed by atoms with E-state index in [4.69, 9.17) is 0 Å². The molecule has 0 aromatic rings. The lowest BCUT2D eigenvalue weighted by molar-refractivity contribution is 0.127. The van der Waals surface area contributed by atoms with Crippen LogP contribution in [0.1, 0.15) is 47.5 Å². The van der Waals surface area contributed by atoms with Crippen LogP contribution in [0.3, 0.4) is 0 Å². The maximum Gasteiger partial charge on any atom is 0.0597 e. The van der Waals surface area contributed by atoms with Crippen LogP contribution < -0.4 is 0 Å². The van der Waals surface area contributed by atoms with Crippen molar-refractivity contribution in [1.82, 2.24) is 0 Å². The first kappa shape index (κ1) is 13.5. The molecule has 0 radical (unpaired) electrons. The van der Waals surface area contributed by atoms with E-state index >= 15 is 0 Å². The van der Waals surface area contributed by atoms with Gasteiger partial charge in [-0.15, -0.1) is 0 Å². The molecule has 16 heavy (non-hydrogen) atoms. The van der Waals surface area contributed by atoms with E-state index in [9.17, 15) is 5.11 Å². The van der Waals surface area contributed by atoms with Crippen molar-refractivity contribution in [2.45, 2.75) is 53.6 Å². The fraction of sp³-hybridized carbons (Fsp3) is 0.733. The molecule has 0 saturated carbocycles. The van der Waals surface area contributed by atoms with Crippen molar-refractivity contribution in [3.63, 3.8) is 0 Å². The smallest absolute Gasteiger partial charge is 0.0597 e. The van der Waals surface area contributed by atoms with Gasteiger partial charge < -0.3 is 5.11 Å². The number of hydrogen-bond donors (Lipinski definition) is 1. The second-order valence-corrected chi connectivity index (χ2v) is 6.20. The number of aliphatic hydroxyl groups excluding tert-OH is 1. The van der Waals surface area contributed by atoms with Crippen LogP contribution >= 0.6 is 0 Å². The Labute approximate surface area is 100 Å². The SMILES string of the molecule is CC(C)C(O)CC=C[C@@]1(C)CC=CC1(C)C. The van der Waals surface area contributed by atoms with E-state index in [2.05, 4.69) is 58.9 Å². The Hall–Kier alpha value is -0.560. The molecular weight excluding hydrogens is 196 g/mol. The summed E-state index contributed by atoms with van der Waals surface area (Å²) in [6.07, 6.45) is 10.7. The van der Waals surface area contributed by atoms with Crippen LogP contribution in [0.5, 0.6) is 0 Å². The molecule has 0 heterocycles. The largest absolute Gasteiger partial charge is 0.393 e. The van der Waals surface area contributed by atoms with Gasteiger partial charge in [-0.1, -0.05) is 58.9 Å². The Balaban J connectivity index is 2.58. The summed E-state index contributed by atoms with van der Waals surface area (Å²) in [6.45, 7) is 11.0. The van der Waals surface area contributed by atoms with Crippen molar-refractivity contribution >= 4 is 0 Å². The summed E-state index contributed by atoms with van der Waals surface area (Å²) in [7, 11) is 0. The molecule has 2 atom stereocenters. The first-order valence-corrected chi connectivity index (χ1v) is 6.32. The quantitative estimate of drug-likeness (QED) is 0.714. The van der Waals surface area contributed by atoms with Crippen LogP contribution in [0, 0.1) is 16.7 Å². The molecule has 0 aliphatic heterocycles. The van der Waals surface area contributed by atoms with Gasteiger partial charge in [0.15, 0.2) is 0 Å². The fourth-order valence-electron chi connectivity index (χ4n) is 2.07. The summed E-state index contributed by atoms with van der Waals surface area (Å²) < 4.78 is 0. The highest BCUT2D eigenvalue weighted by molar-refractivity contribution is 5.20. The highest BCUT2D eigenvalue weighted by Gasteiger charge is 2.39. The number of allylic oxidation sites excluding steroid dienone is 3. The van der Waals surface area contributed by atoms with Gasteiger partial charge in [-0.3, -0.25) is 0 Å². The van der Waals surface area contributed by atoms with Gasteiger partial charge in [0.25, 0.3) is 0 Å². The molecule has 0 aromatic heterocycles. The lowest BCUT2D eigenvalue weighted by Gasteiger charge is -2.35. The van der Waals surface area contributed by atoms with E-state index in [-0.39, 0.29) is 16.9 Å². The van der Waals surface area contributed by atoms with E-state index < -0.39 is 0 Å². The molecular formula is C15H26O. The molecule has 0 spiro atoms. The molecule has 1 N–H and O–H groups in total. The van der Waals surface area contributed by atoms with Crippen LogP contribution in [-0.2, 0) is 0 Å². The Morgan fingerprint density at radius 1 is 1.31 bits per heavy atom. The molecule has 1 aliphatic rings. The number of rotatable bonds is 4. The standard InChI is InChI=1S/C15H26O/c1-12(2)13(16)8-6-10-15(5)11-7-9-14(15,3)4/h6-7,9-10,12-13,16H,8,11H2,1-5H3/t13?,15-/m0/s1. The monoisotopic (exact) mass is 222 g/mol. The van der Waals surface area contributed by atoms with Crippen molar-refractivity contribution in [1.29, 1.82) is 0 Å². The molecule has 0 fully saturated rings. The van der Waals surface area contributed by atoms with Crippen LogP contribution in [-0.4, -0.2) is 11.2 Å². The number of aliphatic hydroxyl groups is 1. The zero-order valence-corrected chi connectivity index (χ0v) is 11.3. The molecule has 0 bridgehead atoms. The van der Waals surface area contributed by atoms with E-state index in [1.165, 1.54) is 0 Å². The normalized spacial score (nSPS) is 30.4. The zero-order valence-electron chi connectivity index (χ0n) is 11.3. The first-order chi connectivity index (χ1) is 7.28. The third kappa shape index (κ3) is 2.76. The van der Waals surface area contributed by atoms with Gasteiger partial charge in [-0.05, 0) is 29.6 Å². The van der Waals surface area contributed by atoms with Gasteiger partial charge in [0, 0.05) is 0 Å². The summed E-state index contributed by atoms with van der Waals surface area (Å²) in [5.41, 5.74) is 0.440. The van der Waals surface area contributed by atoms with Gasteiger partial charge in [-0.25, -0.2) is 0 Å². The van der Waals surface area contributed by atoms with Gasteiger partial charge in [0.1, 0.15) is 0 Å². The molecule has 0 saturated heterocycles. The topological polar surface area (TPSA) is 20.2 Å². The highest BCUT2D eigenvalue weighted by atomic mass is 16.3. The third-order valence-electron chi connectivity index (χ3n) is 4.18. The van der Waals surface area contributed by atoms with Crippen LogP contribution in [0.2, 0.25) is 0 Å². The molecule has 1 heteroatoms. The highest BCUT2D eigenvalue weighted by Crippen LogP contribution is 2.48. The summed E-state index contributed by atoms with van der Waals surface area (Å²) in [5, 5.41) is 9.75. The zero-order chi connectivity index (χ0) is 12.4. The lowest BCUT2D eigenvalue weighted by atomic mass is 9.69. The predicted octanol–water partition coefficient (Wildman–Crippen LogP) is 3.94. The summed E-state index contributed by atoms with van der Waals surface area (Å²) in [6, 6.07) is 0. The second-order valence-electron chi connectivity index (χ2n) is 6.20. The molecule has 1 nitrogen and oxygen atoms in total. The predicted molar refractivity (Wildman–Crippen MR) is 70.2 cm³/mol. The van der Waals surface area contributed by atoms with Crippen LogP contribution in [0.15, 0.2) is 24.3 Å². The van der Waals surface area contributed by atoms with E-state index in [0.717, 1.165) is 12.8 Å². The van der Waals surface area contributed by atoms with Crippen LogP contribution in [0.25, 0.3) is 0 Å². The average Bonchev–Trinajstić information content (AvgIpc) is 2.41. The summed E-state index contributed by atoms with van der Waals surface area (Å²) in [5.74, 6) is 0.340. The minimum absolute atomic E-state index is 0.211. The molecule has 1 aliphatic carbocycles. The summed E-state index contributed by atoms with van der Waals surface area (Å²) >= 11 is 0. The lowest BCUT2D eigenvalue weighted by Crippen LogP contribution is -2.27. The first-order valence-electron chi connectivity index (χ1n) is 6.32. The van der Waals surface area contributed by atoms with Crippen molar-refractivity contribution in [3.8, 4) is 0 Å². The van der Waals surface area contributed by atoms with Gasteiger partial charge in [0.2, 0.25) is 0 Å².